The summed E-state index contributed by atoms with van der Waals surface area (Å²) in [6.07, 6.45) is 5.68. The van der Waals surface area contributed by atoms with Crippen molar-refractivity contribution >= 4 is 10.9 Å². The van der Waals surface area contributed by atoms with Gasteiger partial charge in [0, 0.05) is 44.9 Å². The molecule has 2 aliphatic rings. The Morgan fingerprint density at radius 1 is 1.08 bits per heavy atom. The molecule has 0 atom stereocenters. The molecule has 140 valence electrons. The molecule has 1 fully saturated rings. The summed E-state index contributed by atoms with van der Waals surface area (Å²) >= 11 is 0. The normalized spacial score (nSPS) is 19.3. The lowest BCUT2D eigenvalue weighted by Crippen LogP contribution is -2.40. The summed E-state index contributed by atoms with van der Waals surface area (Å²) in [4.78, 5) is 9.89. The molecule has 1 aromatic heterocycles. The first kappa shape index (κ1) is 17.9. The maximum Gasteiger partial charge on any atom is 0.0740 e. The largest absolute Gasteiger partial charge is 0.383 e. The standard InChI is InChI=1S/C22H31N3O/c1-3-18-4-5-19-15-25(16-20-6-9-23-22(18)21(19)20)14-17-7-10-24(11-8-17)12-13-26-2/h4-6,9,17H,3,7-8,10-16H2,1-2H3. The molecule has 4 rings (SSSR count). The number of aryl methyl sites for hydroxylation is 1. The van der Waals surface area contributed by atoms with Gasteiger partial charge in [-0.05, 0) is 61.0 Å². The van der Waals surface area contributed by atoms with Gasteiger partial charge in [-0.3, -0.25) is 9.88 Å². The van der Waals surface area contributed by atoms with E-state index in [1.165, 1.54) is 60.1 Å². The van der Waals surface area contributed by atoms with E-state index in [2.05, 4.69) is 34.9 Å². The Morgan fingerprint density at radius 3 is 2.58 bits per heavy atom. The van der Waals surface area contributed by atoms with Gasteiger partial charge in [0.1, 0.15) is 0 Å². The summed E-state index contributed by atoms with van der Waals surface area (Å²) in [6.45, 7) is 9.96. The number of methoxy groups -OCH3 is 1. The van der Waals surface area contributed by atoms with Crippen molar-refractivity contribution in [3.05, 3.63) is 41.1 Å². The molecule has 0 spiro atoms. The summed E-state index contributed by atoms with van der Waals surface area (Å²) in [5, 5.41) is 1.43. The monoisotopic (exact) mass is 353 g/mol. The van der Waals surface area contributed by atoms with E-state index in [1.54, 1.807) is 7.11 Å². The second kappa shape index (κ2) is 8.03. The molecule has 0 N–H and O–H groups in total. The van der Waals surface area contributed by atoms with E-state index in [-0.39, 0.29) is 0 Å². The number of likely N-dealkylation sites (tertiary alicyclic amines) is 1. The molecule has 2 aliphatic heterocycles. The number of nitrogens with zero attached hydrogens (tertiary/aromatic N) is 3. The Morgan fingerprint density at radius 2 is 1.85 bits per heavy atom. The third-order valence-corrected chi connectivity index (χ3v) is 6.15. The quantitative estimate of drug-likeness (QED) is 0.795. The van der Waals surface area contributed by atoms with Crippen LogP contribution in [-0.2, 0) is 24.2 Å². The highest BCUT2D eigenvalue weighted by molar-refractivity contribution is 5.88. The van der Waals surface area contributed by atoms with Gasteiger partial charge in [0.2, 0.25) is 0 Å². The van der Waals surface area contributed by atoms with E-state index in [0.717, 1.165) is 38.6 Å². The topological polar surface area (TPSA) is 28.6 Å². The molecule has 0 unspecified atom stereocenters. The van der Waals surface area contributed by atoms with Gasteiger partial charge in [-0.15, -0.1) is 0 Å². The van der Waals surface area contributed by atoms with E-state index >= 15 is 0 Å². The zero-order valence-corrected chi connectivity index (χ0v) is 16.2. The van der Waals surface area contributed by atoms with Crippen molar-refractivity contribution in [3.8, 4) is 0 Å². The highest BCUT2D eigenvalue weighted by atomic mass is 16.5. The van der Waals surface area contributed by atoms with Crippen LogP contribution in [-0.4, -0.2) is 54.7 Å². The van der Waals surface area contributed by atoms with Gasteiger partial charge in [-0.25, -0.2) is 0 Å². The minimum atomic E-state index is 0.822. The first-order valence-corrected chi connectivity index (χ1v) is 10.1. The third kappa shape index (κ3) is 3.64. The molecule has 4 heteroatoms. The van der Waals surface area contributed by atoms with E-state index < -0.39 is 0 Å². The Balaban J connectivity index is 1.42. The summed E-state index contributed by atoms with van der Waals surface area (Å²) < 4.78 is 5.22. The van der Waals surface area contributed by atoms with Crippen LogP contribution >= 0.6 is 0 Å². The summed E-state index contributed by atoms with van der Waals surface area (Å²) in [5.74, 6) is 0.822. The summed E-state index contributed by atoms with van der Waals surface area (Å²) in [5.41, 5.74) is 5.53. The maximum absolute atomic E-state index is 5.22. The van der Waals surface area contributed by atoms with Gasteiger partial charge in [0.05, 0.1) is 12.1 Å². The van der Waals surface area contributed by atoms with E-state index in [4.69, 9.17) is 9.72 Å². The first-order chi connectivity index (χ1) is 12.8. The maximum atomic E-state index is 5.22. The van der Waals surface area contributed by atoms with Crippen molar-refractivity contribution in [2.24, 2.45) is 5.92 Å². The number of rotatable bonds is 6. The van der Waals surface area contributed by atoms with E-state index in [0.29, 0.717) is 0 Å². The molecule has 3 heterocycles. The van der Waals surface area contributed by atoms with Crippen molar-refractivity contribution in [2.75, 3.05) is 39.9 Å². The van der Waals surface area contributed by atoms with Crippen molar-refractivity contribution in [3.63, 3.8) is 0 Å². The van der Waals surface area contributed by atoms with Gasteiger partial charge in [-0.2, -0.15) is 0 Å². The van der Waals surface area contributed by atoms with Gasteiger partial charge >= 0.3 is 0 Å². The molecule has 26 heavy (non-hydrogen) atoms. The molecule has 4 nitrogen and oxygen atoms in total. The van der Waals surface area contributed by atoms with Crippen LogP contribution in [0.1, 0.15) is 36.5 Å². The third-order valence-electron chi connectivity index (χ3n) is 6.15. The number of piperidine rings is 1. The van der Waals surface area contributed by atoms with Crippen LogP contribution in [0.4, 0.5) is 0 Å². The molecule has 2 aromatic rings. The second-order valence-corrected chi connectivity index (χ2v) is 7.88. The lowest BCUT2D eigenvalue weighted by Gasteiger charge is -2.36. The fraction of sp³-hybridized carbons (Fsp3) is 0.591. The number of pyridine rings is 1. The average Bonchev–Trinajstić information content (AvgIpc) is 2.68. The van der Waals surface area contributed by atoms with Crippen LogP contribution in [0.5, 0.6) is 0 Å². The Labute approximate surface area is 157 Å². The molecule has 0 amide bonds. The minimum Gasteiger partial charge on any atom is -0.383 e. The van der Waals surface area contributed by atoms with Crippen LogP contribution in [0, 0.1) is 5.92 Å². The van der Waals surface area contributed by atoms with Crippen LogP contribution in [0.3, 0.4) is 0 Å². The SMILES string of the molecule is CCc1ccc2c3c(ccnc13)CN(CC1CCN(CCOC)CC1)C2. The lowest BCUT2D eigenvalue weighted by atomic mass is 9.92. The van der Waals surface area contributed by atoms with Crippen LogP contribution in [0.2, 0.25) is 0 Å². The first-order valence-electron chi connectivity index (χ1n) is 10.1. The number of benzene rings is 1. The second-order valence-electron chi connectivity index (χ2n) is 7.88. The number of ether oxygens (including phenoxy) is 1. The predicted octanol–water partition coefficient (Wildman–Crippen LogP) is 3.47. The predicted molar refractivity (Wildman–Crippen MR) is 106 cm³/mol. The van der Waals surface area contributed by atoms with Crippen molar-refractivity contribution in [1.82, 2.24) is 14.8 Å². The molecule has 0 bridgehead atoms. The van der Waals surface area contributed by atoms with E-state index in [9.17, 15) is 0 Å². The summed E-state index contributed by atoms with van der Waals surface area (Å²) in [7, 11) is 1.79. The van der Waals surface area contributed by atoms with Crippen molar-refractivity contribution in [2.45, 2.75) is 39.3 Å². The van der Waals surface area contributed by atoms with Crippen molar-refractivity contribution < 1.29 is 4.74 Å². The molecular formula is C22H31N3O. The average molecular weight is 354 g/mol. The molecule has 0 radical (unpaired) electrons. The zero-order valence-electron chi connectivity index (χ0n) is 16.2. The number of aromatic nitrogens is 1. The van der Waals surface area contributed by atoms with Gasteiger partial charge in [0.25, 0.3) is 0 Å². The molecule has 1 aromatic carbocycles. The highest BCUT2D eigenvalue weighted by Crippen LogP contribution is 2.32. The number of hydrogen-bond acceptors (Lipinski definition) is 4. The Hall–Kier alpha value is -1.49. The molecule has 0 aliphatic carbocycles. The Kier molecular flexibility index (Phi) is 5.53. The molecule has 1 saturated heterocycles. The Bertz CT molecular complexity index is 740. The zero-order chi connectivity index (χ0) is 17.9. The van der Waals surface area contributed by atoms with Crippen LogP contribution in [0.15, 0.2) is 24.4 Å². The van der Waals surface area contributed by atoms with Crippen molar-refractivity contribution in [1.29, 1.82) is 0 Å². The number of hydrogen-bond donors (Lipinski definition) is 0. The van der Waals surface area contributed by atoms with Gasteiger partial charge < -0.3 is 9.64 Å². The fourth-order valence-electron chi connectivity index (χ4n) is 4.66. The van der Waals surface area contributed by atoms with Crippen LogP contribution < -0.4 is 0 Å². The molecular weight excluding hydrogens is 322 g/mol. The minimum absolute atomic E-state index is 0.822. The summed E-state index contributed by atoms with van der Waals surface area (Å²) in [6, 6.07) is 6.85. The smallest absolute Gasteiger partial charge is 0.0740 e. The van der Waals surface area contributed by atoms with E-state index in [1.807, 2.05) is 6.20 Å². The lowest BCUT2D eigenvalue weighted by molar-refractivity contribution is 0.103. The van der Waals surface area contributed by atoms with Gasteiger partial charge in [0.15, 0.2) is 0 Å². The van der Waals surface area contributed by atoms with Crippen LogP contribution in [0.25, 0.3) is 10.9 Å². The van der Waals surface area contributed by atoms with Gasteiger partial charge in [-0.1, -0.05) is 19.1 Å². The molecule has 0 saturated carbocycles. The highest BCUT2D eigenvalue weighted by Gasteiger charge is 2.25. The fourth-order valence-corrected chi connectivity index (χ4v) is 4.66.